The standard InChI is InChI=1S/C13H21FN2/c1-13(2,3)15-11-7-6-10(9-16(4)5)12(14)8-11/h6-8,15H,9H2,1-5H3. The first kappa shape index (κ1) is 13.0. The van der Waals surface area contributed by atoms with Gasteiger partial charge in [-0.2, -0.15) is 0 Å². The lowest BCUT2D eigenvalue weighted by Gasteiger charge is -2.22. The van der Waals surface area contributed by atoms with Crippen LogP contribution in [-0.2, 0) is 6.54 Å². The molecule has 0 fully saturated rings. The summed E-state index contributed by atoms with van der Waals surface area (Å²) in [4.78, 5) is 1.95. The monoisotopic (exact) mass is 224 g/mol. The third-order valence-electron chi connectivity index (χ3n) is 2.06. The quantitative estimate of drug-likeness (QED) is 0.848. The molecule has 0 unspecified atom stereocenters. The Bertz CT molecular complexity index is 353. The third kappa shape index (κ3) is 4.19. The first-order valence-electron chi connectivity index (χ1n) is 5.49. The van der Waals surface area contributed by atoms with Crippen LogP contribution in [0, 0.1) is 5.82 Å². The smallest absolute Gasteiger partial charge is 0.129 e. The summed E-state index contributed by atoms with van der Waals surface area (Å²) in [6.07, 6.45) is 0. The number of hydrogen-bond donors (Lipinski definition) is 1. The first-order chi connectivity index (χ1) is 7.28. The van der Waals surface area contributed by atoms with Crippen LogP contribution in [0.15, 0.2) is 18.2 Å². The van der Waals surface area contributed by atoms with Crippen LogP contribution < -0.4 is 5.32 Å². The molecule has 1 aromatic carbocycles. The Morgan fingerprint density at radius 2 is 1.88 bits per heavy atom. The third-order valence-corrected chi connectivity index (χ3v) is 2.06. The maximum atomic E-state index is 13.7. The van der Waals surface area contributed by atoms with E-state index in [1.807, 2.05) is 31.1 Å². The maximum Gasteiger partial charge on any atom is 0.129 e. The molecule has 0 radical (unpaired) electrons. The van der Waals surface area contributed by atoms with E-state index < -0.39 is 0 Å². The van der Waals surface area contributed by atoms with Gasteiger partial charge >= 0.3 is 0 Å². The Balaban J connectivity index is 2.83. The van der Waals surface area contributed by atoms with Crippen molar-refractivity contribution in [1.29, 1.82) is 0 Å². The first-order valence-corrected chi connectivity index (χ1v) is 5.49. The molecule has 0 amide bonds. The van der Waals surface area contributed by atoms with Crippen LogP contribution in [0.25, 0.3) is 0 Å². The molecular formula is C13H21FN2. The van der Waals surface area contributed by atoms with E-state index in [2.05, 4.69) is 26.1 Å². The van der Waals surface area contributed by atoms with Crippen molar-refractivity contribution in [2.24, 2.45) is 0 Å². The molecule has 16 heavy (non-hydrogen) atoms. The Morgan fingerprint density at radius 3 is 2.31 bits per heavy atom. The van der Waals surface area contributed by atoms with Gasteiger partial charge in [0.2, 0.25) is 0 Å². The van der Waals surface area contributed by atoms with E-state index in [1.54, 1.807) is 6.07 Å². The highest BCUT2D eigenvalue weighted by molar-refractivity contribution is 5.47. The van der Waals surface area contributed by atoms with Gasteiger partial charge in [-0.3, -0.25) is 0 Å². The summed E-state index contributed by atoms with van der Waals surface area (Å²) < 4.78 is 13.7. The molecule has 0 saturated heterocycles. The summed E-state index contributed by atoms with van der Waals surface area (Å²) in [5, 5.41) is 3.25. The molecule has 0 bridgehead atoms. The molecule has 0 aliphatic rings. The van der Waals surface area contributed by atoms with E-state index in [4.69, 9.17) is 0 Å². The Labute approximate surface area is 97.5 Å². The molecule has 1 rings (SSSR count). The minimum absolute atomic E-state index is 0.0461. The van der Waals surface area contributed by atoms with Crippen LogP contribution in [0.5, 0.6) is 0 Å². The van der Waals surface area contributed by atoms with Crippen LogP contribution in [0.3, 0.4) is 0 Å². The van der Waals surface area contributed by atoms with E-state index in [0.717, 1.165) is 11.3 Å². The Morgan fingerprint density at radius 1 is 1.25 bits per heavy atom. The highest BCUT2D eigenvalue weighted by Gasteiger charge is 2.11. The second-order valence-electron chi connectivity index (χ2n) is 5.42. The van der Waals surface area contributed by atoms with Crippen LogP contribution in [-0.4, -0.2) is 24.5 Å². The number of anilines is 1. The molecule has 0 aliphatic carbocycles. The zero-order valence-corrected chi connectivity index (χ0v) is 10.8. The average Bonchev–Trinajstić information content (AvgIpc) is 2.06. The largest absolute Gasteiger partial charge is 0.380 e. The average molecular weight is 224 g/mol. The molecule has 0 saturated carbocycles. The van der Waals surface area contributed by atoms with Crippen molar-refractivity contribution >= 4 is 5.69 Å². The summed E-state index contributed by atoms with van der Waals surface area (Å²) in [6.45, 7) is 6.79. The zero-order valence-electron chi connectivity index (χ0n) is 10.8. The topological polar surface area (TPSA) is 15.3 Å². The molecule has 0 aromatic heterocycles. The lowest BCUT2D eigenvalue weighted by molar-refractivity contribution is 0.392. The van der Waals surface area contributed by atoms with E-state index >= 15 is 0 Å². The van der Waals surface area contributed by atoms with Crippen LogP contribution in [0.1, 0.15) is 26.3 Å². The van der Waals surface area contributed by atoms with Crippen LogP contribution in [0.2, 0.25) is 0 Å². The Hall–Kier alpha value is -1.09. The van der Waals surface area contributed by atoms with Crippen molar-refractivity contribution in [3.05, 3.63) is 29.6 Å². The number of nitrogens with zero attached hydrogens (tertiary/aromatic N) is 1. The van der Waals surface area contributed by atoms with E-state index in [9.17, 15) is 4.39 Å². The number of nitrogens with one attached hydrogen (secondary N) is 1. The molecule has 90 valence electrons. The van der Waals surface area contributed by atoms with Crippen molar-refractivity contribution in [1.82, 2.24) is 4.90 Å². The predicted molar refractivity (Wildman–Crippen MR) is 67.2 cm³/mol. The number of hydrogen-bond acceptors (Lipinski definition) is 2. The summed E-state index contributed by atoms with van der Waals surface area (Å²) in [5.41, 5.74) is 1.51. The summed E-state index contributed by atoms with van der Waals surface area (Å²) >= 11 is 0. The second kappa shape index (κ2) is 4.83. The summed E-state index contributed by atoms with van der Waals surface area (Å²) in [7, 11) is 3.86. The second-order valence-corrected chi connectivity index (χ2v) is 5.42. The lowest BCUT2D eigenvalue weighted by atomic mass is 10.1. The van der Waals surface area contributed by atoms with Crippen molar-refractivity contribution in [2.75, 3.05) is 19.4 Å². The fourth-order valence-corrected chi connectivity index (χ4v) is 1.53. The molecule has 2 nitrogen and oxygen atoms in total. The number of benzene rings is 1. The van der Waals surface area contributed by atoms with Gasteiger partial charge in [0.25, 0.3) is 0 Å². The molecule has 0 heterocycles. The fraction of sp³-hybridized carbons (Fsp3) is 0.538. The predicted octanol–water partition coefficient (Wildman–Crippen LogP) is 3.10. The van der Waals surface area contributed by atoms with E-state index in [-0.39, 0.29) is 11.4 Å². The normalized spacial score (nSPS) is 11.9. The Kier molecular flexibility index (Phi) is 3.92. The zero-order chi connectivity index (χ0) is 12.3. The van der Waals surface area contributed by atoms with Gasteiger partial charge in [-0.1, -0.05) is 6.07 Å². The number of rotatable bonds is 3. The molecule has 3 heteroatoms. The van der Waals surface area contributed by atoms with E-state index in [0.29, 0.717) is 6.54 Å². The van der Waals surface area contributed by atoms with Crippen LogP contribution in [0.4, 0.5) is 10.1 Å². The highest BCUT2D eigenvalue weighted by Crippen LogP contribution is 2.19. The van der Waals surface area contributed by atoms with Gasteiger partial charge in [0.1, 0.15) is 5.82 Å². The van der Waals surface area contributed by atoms with Gasteiger partial charge in [0.15, 0.2) is 0 Å². The SMILES string of the molecule is CN(C)Cc1ccc(NC(C)(C)C)cc1F. The summed E-state index contributed by atoms with van der Waals surface area (Å²) in [6, 6.07) is 5.32. The van der Waals surface area contributed by atoms with Crippen molar-refractivity contribution in [3.8, 4) is 0 Å². The lowest BCUT2D eigenvalue weighted by Crippen LogP contribution is -2.26. The van der Waals surface area contributed by atoms with Gasteiger partial charge in [0, 0.05) is 23.3 Å². The molecular weight excluding hydrogens is 203 g/mol. The van der Waals surface area contributed by atoms with Crippen molar-refractivity contribution in [3.63, 3.8) is 0 Å². The molecule has 1 aromatic rings. The van der Waals surface area contributed by atoms with Gasteiger partial charge in [-0.15, -0.1) is 0 Å². The molecule has 0 spiro atoms. The minimum Gasteiger partial charge on any atom is -0.380 e. The van der Waals surface area contributed by atoms with Crippen molar-refractivity contribution < 1.29 is 4.39 Å². The van der Waals surface area contributed by atoms with E-state index in [1.165, 1.54) is 0 Å². The van der Waals surface area contributed by atoms with Gasteiger partial charge < -0.3 is 10.2 Å². The number of halogens is 1. The molecule has 0 aliphatic heterocycles. The van der Waals surface area contributed by atoms with Crippen molar-refractivity contribution in [2.45, 2.75) is 32.9 Å². The highest BCUT2D eigenvalue weighted by atomic mass is 19.1. The van der Waals surface area contributed by atoms with Gasteiger partial charge in [-0.25, -0.2) is 4.39 Å². The van der Waals surface area contributed by atoms with Gasteiger partial charge in [-0.05, 0) is 47.0 Å². The fourth-order valence-electron chi connectivity index (χ4n) is 1.53. The maximum absolute atomic E-state index is 13.7. The van der Waals surface area contributed by atoms with Crippen LogP contribution >= 0.6 is 0 Å². The minimum atomic E-state index is -0.150. The molecule has 1 N–H and O–H groups in total. The van der Waals surface area contributed by atoms with Gasteiger partial charge in [0.05, 0.1) is 0 Å². The summed E-state index contributed by atoms with van der Waals surface area (Å²) in [5.74, 6) is -0.150. The molecule has 0 atom stereocenters.